The minimum absolute atomic E-state index is 0.741. The van der Waals surface area contributed by atoms with Crippen molar-refractivity contribution in [1.82, 2.24) is 14.9 Å². The Morgan fingerprint density at radius 2 is 2.11 bits per heavy atom. The summed E-state index contributed by atoms with van der Waals surface area (Å²) in [5.74, 6) is 2.73. The molecular formula is C13H22N4O. The zero-order valence-electron chi connectivity index (χ0n) is 11.2. The van der Waals surface area contributed by atoms with Gasteiger partial charge in [0.05, 0.1) is 12.3 Å². The number of rotatable bonds is 4. The van der Waals surface area contributed by atoms with E-state index in [4.69, 9.17) is 4.74 Å². The molecule has 0 saturated carbocycles. The lowest BCUT2D eigenvalue weighted by atomic mass is 10.0. The Labute approximate surface area is 108 Å². The van der Waals surface area contributed by atoms with Crippen LogP contribution in [0, 0.1) is 18.8 Å². The van der Waals surface area contributed by atoms with Crippen molar-refractivity contribution in [3.05, 3.63) is 11.9 Å². The molecule has 5 nitrogen and oxygen atoms in total. The van der Waals surface area contributed by atoms with Crippen molar-refractivity contribution in [3.8, 4) is 0 Å². The van der Waals surface area contributed by atoms with Gasteiger partial charge in [-0.15, -0.1) is 0 Å². The maximum Gasteiger partial charge on any atom is 0.205 e. The predicted octanol–water partition coefficient (Wildman–Crippen LogP) is 0.494. The van der Waals surface area contributed by atoms with Crippen LogP contribution in [-0.2, 0) is 11.3 Å². The summed E-state index contributed by atoms with van der Waals surface area (Å²) >= 11 is 0. The molecule has 1 aromatic rings. The Kier molecular flexibility index (Phi) is 3.26. The number of hydrogen-bond acceptors (Lipinski definition) is 4. The zero-order chi connectivity index (χ0) is 12.5. The first-order valence-electron chi connectivity index (χ1n) is 6.76. The predicted molar refractivity (Wildman–Crippen MR) is 70.9 cm³/mol. The van der Waals surface area contributed by atoms with Crippen LogP contribution in [-0.4, -0.2) is 49.4 Å². The van der Waals surface area contributed by atoms with Crippen molar-refractivity contribution in [1.29, 1.82) is 0 Å². The SMILES string of the molecule is COCCn1cc(C)nc1N1C[C@H]2CNC[C@H]2C1. The lowest BCUT2D eigenvalue weighted by Crippen LogP contribution is -2.28. The van der Waals surface area contributed by atoms with Gasteiger partial charge < -0.3 is 19.5 Å². The lowest BCUT2D eigenvalue weighted by molar-refractivity contribution is 0.187. The minimum atomic E-state index is 0.741. The van der Waals surface area contributed by atoms with Crippen LogP contribution in [0.2, 0.25) is 0 Å². The molecule has 2 aliphatic heterocycles. The summed E-state index contributed by atoms with van der Waals surface area (Å²) in [5, 5.41) is 3.48. The molecule has 3 rings (SSSR count). The van der Waals surface area contributed by atoms with E-state index in [0.717, 1.165) is 49.7 Å². The number of nitrogens with zero attached hydrogens (tertiary/aromatic N) is 3. The molecule has 0 unspecified atom stereocenters. The number of ether oxygens (including phenoxy) is 1. The first-order valence-corrected chi connectivity index (χ1v) is 6.76. The molecule has 2 fully saturated rings. The molecule has 18 heavy (non-hydrogen) atoms. The van der Waals surface area contributed by atoms with Crippen LogP contribution in [0.3, 0.4) is 0 Å². The molecule has 2 atom stereocenters. The molecule has 5 heteroatoms. The van der Waals surface area contributed by atoms with Gasteiger partial charge in [0.2, 0.25) is 5.95 Å². The summed E-state index contributed by atoms with van der Waals surface area (Å²) in [5.41, 5.74) is 1.09. The molecule has 1 aromatic heterocycles. The largest absolute Gasteiger partial charge is 0.383 e. The molecule has 2 aliphatic rings. The van der Waals surface area contributed by atoms with E-state index in [1.807, 2.05) is 0 Å². The molecular weight excluding hydrogens is 228 g/mol. The van der Waals surface area contributed by atoms with E-state index in [9.17, 15) is 0 Å². The van der Waals surface area contributed by atoms with Gasteiger partial charge in [0, 0.05) is 46.0 Å². The van der Waals surface area contributed by atoms with Gasteiger partial charge in [0.15, 0.2) is 0 Å². The Balaban J connectivity index is 1.75. The number of hydrogen-bond donors (Lipinski definition) is 1. The third-order valence-corrected chi connectivity index (χ3v) is 4.08. The maximum atomic E-state index is 5.17. The molecule has 0 bridgehead atoms. The summed E-state index contributed by atoms with van der Waals surface area (Å²) in [6.45, 7) is 8.30. The van der Waals surface area contributed by atoms with Crippen molar-refractivity contribution in [2.75, 3.05) is 44.8 Å². The minimum Gasteiger partial charge on any atom is -0.383 e. The van der Waals surface area contributed by atoms with Gasteiger partial charge >= 0.3 is 0 Å². The van der Waals surface area contributed by atoms with Crippen molar-refractivity contribution < 1.29 is 4.74 Å². The standard InChI is InChI=1S/C13H22N4O/c1-10-7-16(3-4-18-2)13(15-10)17-8-11-5-14-6-12(11)9-17/h7,11-12,14H,3-6,8-9H2,1-2H3/t11-,12+. The summed E-state index contributed by atoms with van der Waals surface area (Å²) < 4.78 is 7.40. The highest BCUT2D eigenvalue weighted by atomic mass is 16.5. The van der Waals surface area contributed by atoms with E-state index in [1.54, 1.807) is 7.11 Å². The van der Waals surface area contributed by atoms with Crippen LogP contribution in [0.25, 0.3) is 0 Å². The van der Waals surface area contributed by atoms with Crippen molar-refractivity contribution >= 4 is 5.95 Å². The van der Waals surface area contributed by atoms with Crippen LogP contribution in [0.15, 0.2) is 6.20 Å². The second kappa shape index (κ2) is 4.90. The summed E-state index contributed by atoms with van der Waals surface area (Å²) in [4.78, 5) is 7.13. The summed E-state index contributed by atoms with van der Waals surface area (Å²) in [7, 11) is 1.75. The third kappa shape index (κ3) is 2.12. The first kappa shape index (κ1) is 12.0. The second-order valence-corrected chi connectivity index (χ2v) is 5.45. The zero-order valence-corrected chi connectivity index (χ0v) is 11.2. The Morgan fingerprint density at radius 3 is 2.78 bits per heavy atom. The third-order valence-electron chi connectivity index (χ3n) is 4.08. The van der Waals surface area contributed by atoms with E-state index < -0.39 is 0 Å². The highest BCUT2D eigenvalue weighted by Crippen LogP contribution is 2.30. The monoisotopic (exact) mass is 250 g/mol. The number of imidazole rings is 1. The number of anilines is 1. The van der Waals surface area contributed by atoms with Crippen LogP contribution in [0.1, 0.15) is 5.69 Å². The van der Waals surface area contributed by atoms with Gasteiger partial charge in [-0.05, 0) is 18.8 Å². The average Bonchev–Trinajstić information content (AvgIpc) is 2.98. The fourth-order valence-electron chi connectivity index (χ4n) is 3.16. The Morgan fingerprint density at radius 1 is 1.39 bits per heavy atom. The average molecular weight is 250 g/mol. The van der Waals surface area contributed by atoms with E-state index in [2.05, 4.69) is 32.9 Å². The molecule has 0 spiro atoms. The maximum absolute atomic E-state index is 5.17. The number of nitrogens with one attached hydrogen (secondary N) is 1. The lowest BCUT2D eigenvalue weighted by Gasteiger charge is -2.19. The fourth-order valence-corrected chi connectivity index (χ4v) is 3.16. The van der Waals surface area contributed by atoms with Gasteiger partial charge in [-0.25, -0.2) is 4.98 Å². The van der Waals surface area contributed by atoms with Gasteiger partial charge in [0.1, 0.15) is 0 Å². The highest BCUT2D eigenvalue weighted by molar-refractivity contribution is 5.36. The fraction of sp³-hybridized carbons (Fsp3) is 0.769. The molecule has 2 saturated heterocycles. The number of methoxy groups -OCH3 is 1. The normalized spacial score (nSPS) is 26.9. The van der Waals surface area contributed by atoms with Crippen molar-refractivity contribution in [2.24, 2.45) is 11.8 Å². The molecule has 100 valence electrons. The highest BCUT2D eigenvalue weighted by Gasteiger charge is 2.37. The molecule has 1 N–H and O–H groups in total. The van der Waals surface area contributed by atoms with E-state index in [0.29, 0.717) is 0 Å². The van der Waals surface area contributed by atoms with Crippen molar-refractivity contribution in [3.63, 3.8) is 0 Å². The Bertz CT molecular complexity index is 405. The van der Waals surface area contributed by atoms with Gasteiger partial charge in [0.25, 0.3) is 0 Å². The summed E-state index contributed by atoms with van der Waals surface area (Å²) in [6.07, 6.45) is 2.13. The number of aryl methyl sites for hydroxylation is 1. The smallest absolute Gasteiger partial charge is 0.205 e. The van der Waals surface area contributed by atoms with E-state index in [-0.39, 0.29) is 0 Å². The van der Waals surface area contributed by atoms with E-state index >= 15 is 0 Å². The Hall–Kier alpha value is -1.07. The van der Waals surface area contributed by atoms with Crippen LogP contribution in [0.5, 0.6) is 0 Å². The molecule has 3 heterocycles. The van der Waals surface area contributed by atoms with Gasteiger partial charge in [-0.2, -0.15) is 0 Å². The van der Waals surface area contributed by atoms with E-state index in [1.165, 1.54) is 13.1 Å². The molecule has 0 aromatic carbocycles. The van der Waals surface area contributed by atoms with Crippen LogP contribution < -0.4 is 10.2 Å². The first-order chi connectivity index (χ1) is 8.78. The number of aromatic nitrogens is 2. The molecule has 0 aliphatic carbocycles. The van der Waals surface area contributed by atoms with Crippen LogP contribution >= 0.6 is 0 Å². The topological polar surface area (TPSA) is 42.3 Å². The quantitative estimate of drug-likeness (QED) is 0.845. The molecule has 0 amide bonds. The van der Waals surface area contributed by atoms with Crippen molar-refractivity contribution in [2.45, 2.75) is 13.5 Å². The van der Waals surface area contributed by atoms with Gasteiger partial charge in [-0.1, -0.05) is 0 Å². The number of fused-ring (bicyclic) bond motifs is 1. The molecule has 0 radical (unpaired) electrons. The van der Waals surface area contributed by atoms with Crippen LogP contribution in [0.4, 0.5) is 5.95 Å². The summed E-state index contributed by atoms with van der Waals surface area (Å²) in [6, 6.07) is 0. The van der Waals surface area contributed by atoms with Gasteiger partial charge in [-0.3, -0.25) is 0 Å². The second-order valence-electron chi connectivity index (χ2n) is 5.45.